The molecule has 0 aliphatic carbocycles. The zero-order chi connectivity index (χ0) is 36.4. The van der Waals surface area contributed by atoms with Gasteiger partial charge < -0.3 is 9.11 Å². The minimum atomic E-state index is -4.43. The molecular weight excluding hydrogens is 867 g/mol. The Morgan fingerprint density at radius 2 is 0.849 bits per heavy atom. The standard InChI is InChI=1S/C24H16N2.C12H12N2O6S2.2ClH.2Na.Ru/c1-3-7-17(8-4-1)19-13-15-25-23-21(19)11-12-22-20(14-16-26-24(22)23)18-9-5-2-6-10-18;15-21(16,17)7-9-1-3-13-11(5-9)12-6-10(2-4-14-12)8-22(18,19)20;;;;;/h1-16H;1-6H,7-8H2,(H,15,16,17)(H,18,19,20);2*1H;;;/q;;;;2*+1;+2/p-4. The van der Waals surface area contributed by atoms with Crippen LogP contribution in [0.1, 0.15) is 11.1 Å². The molecule has 0 saturated carbocycles. The van der Waals surface area contributed by atoms with Crippen molar-refractivity contribution in [1.29, 1.82) is 0 Å². The van der Waals surface area contributed by atoms with Crippen molar-refractivity contribution in [3.05, 3.63) is 145 Å². The third kappa shape index (κ3) is 13.2. The number of aromatic nitrogens is 4. The topological polar surface area (TPSA) is 166 Å². The molecule has 0 atom stereocenters. The van der Waals surface area contributed by atoms with E-state index in [2.05, 4.69) is 92.7 Å². The largest absolute Gasteiger partial charge is 1.00 e. The summed E-state index contributed by atoms with van der Waals surface area (Å²) in [4.78, 5) is 17.3. The number of hydrogen-bond acceptors (Lipinski definition) is 10. The Bertz CT molecular complexity index is 2340. The number of benzene rings is 3. The SMILES string of the molecule is O=S(=O)([O-])Cc1ccnc(-c2cc(CS(=O)(=O)[O-])ccn2)c1.[Cl][Ru][Cl].[Na+].[Na+].c1ccc(-c2ccnc3c2ccc2c(-c4ccccc4)ccnc23)cc1. The van der Waals surface area contributed by atoms with Gasteiger partial charge in [0.2, 0.25) is 0 Å². The summed E-state index contributed by atoms with van der Waals surface area (Å²) >= 11 is -0.346. The molecule has 0 bridgehead atoms. The molecule has 3 aromatic carbocycles. The second-order valence-electron chi connectivity index (χ2n) is 10.9. The monoisotopic (exact) mass is 892 g/mol. The van der Waals surface area contributed by atoms with Gasteiger partial charge in [-0.2, -0.15) is 0 Å². The van der Waals surface area contributed by atoms with Crippen LogP contribution in [0.2, 0.25) is 0 Å². The Balaban J connectivity index is 0.000000260. The number of pyridine rings is 4. The molecule has 0 saturated heterocycles. The fourth-order valence-electron chi connectivity index (χ4n) is 5.38. The van der Waals surface area contributed by atoms with Gasteiger partial charge in [0.15, 0.2) is 0 Å². The molecule has 0 unspecified atom stereocenters. The van der Waals surface area contributed by atoms with Crippen LogP contribution < -0.4 is 59.1 Å². The summed E-state index contributed by atoms with van der Waals surface area (Å²) < 4.78 is 64.6. The number of fused-ring (bicyclic) bond motifs is 3. The van der Waals surface area contributed by atoms with Crippen molar-refractivity contribution in [2.24, 2.45) is 0 Å². The summed E-state index contributed by atoms with van der Waals surface area (Å²) in [6.45, 7) is 0. The van der Waals surface area contributed by atoms with Gasteiger partial charge >= 0.3 is 93.6 Å². The van der Waals surface area contributed by atoms with Crippen molar-refractivity contribution in [3.8, 4) is 33.6 Å². The van der Waals surface area contributed by atoms with E-state index in [9.17, 15) is 25.9 Å². The van der Waals surface area contributed by atoms with E-state index in [-0.39, 0.29) is 96.8 Å². The first-order valence-electron chi connectivity index (χ1n) is 14.9. The molecular formula is C36H26Cl2N4Na2O6RuS2. The molecule has 0 spiro atoms. The summed E-state index contributed by atoms with van der Waals surface area (Å²) in [6.07, 6.45) is 6.38. The number of halogens is 2. The molecule has 7 rings (SSSR count). The summed E-state index contributed by atoms with van der Waals surface area (Å²) in [6, 6.07) is 34.8. The van der Waals surface area contributed by atoms with Crippen LogP contribution in [0.5, 0.6) is 0 Å². The van der Waals surface area contributed by atoms with Crippen molar-refractivity contribution in [1.82, 2.24) is 19.9 Å². The second kappa shape index (κ2) is 21.2. The second-order valence-corrected chi connectivity index (χ2v) is 16.3. The van der Waals surface area contributed by atoms with E-state index < -0.39 is 31.7 Å². The summed E-state index contributed by atoms with van der Waals surface area (Å²) in [5.74, 6) is -1.37. The third-order valence-electron chi connectivity index (χ3n) is 7.39. The van der Waals surface area contributed by atoms with Gasteiger partial charge in [0, 0.05) is 35.6 Å². The Labute approximate surface area is 367 Å². The molecule has 4 aromatic heterocycles. The van der Waals surface area contributed by atoms with E-state index in [0.717, 1.165) is 21.8 Å². The quantitative estimate of drug-likeness (QED) is 0.131. The zero-order valence-electron chi connectivity index (χ0n) is 28.3. The van der Waals surface area contributed by atoms with Gasteiger partial charge in [-0.3, -0.25) is 19.9 Å². The molecule has 7 aromatic rings. The van der Waals surface area contributed by atoms with E-state index in [1.165, 1.54) is 58.9 Å². The minimum Gasteiger partial charge on any atom is -0.254 e. The molecule has 0 amide bonds. The molecule has 53 heavy (non-hydrogen) atoms. The number of nitrogens with zero attached hydrogens (tertiary/aromatic N) is 4. The van der Waals surface area contributed by atoms with Crippen molar-refractivity contribution in [2.45, 2.75) is 11.5 Å². The van der Waals surface area contributed by atoms with E-state index >= 15 is 0 Å². The van der Waals surface area contributed by atoms with Gasteiger partial charge in [0.25, 0.3) is 0 Å². The summed E-state index contributed by atoms with van der Waals surface area (Å²) in [5.41, 5.74) is 7.67. The van der Waals surface area contributed by atoms with E-state index in [4.69, 9.17) is 19.4 Å². The third-order valence-corrected chi connectivity index (χ3v) is 8.76. The van der Waals surface area contributed by atoms with Crippen LogP contribution in [-0.4, -0.2) is 45.9 Å². The fraction of sp³-hybridized carbons (Fsp3) is 0.0556. The molecule has 10 nitrogen and oxygen atoms in total. The maximum atomic E-state index is 10.8. The van der Waals surface area contributed by atoms with Crippen molar-refractivity contribution < 1.29 is 100 Å². The van der Waals surface area contributed by atoms with Crippen molar-refractivity contribution in [3.63, 3.8) is 0 Å². The van der Waals surface area contributed by atoms with Gasteiger partial charge in [0.1, 0.15) is 0 Å². The molecule has 0 radical (unpaired) electrons. The molecule has 262 valence electrons. The normalized spacial score (nSPS) is 10.9. The number of rotatable bonds is 7. The first kappa shape index (κ1) is 45.2. The fourth-order valence-corrected chi connectivity index (χ4v) is 6.56. The first-order chi connectivity index (χ1) is 24.5. The smallest absolute Gasteiger partial charge is 0.254 e. The van der Waals surface area contributed by atoms with Gasteiger partial charge in [-0.15, -0.1) is 0 Å². The predicted molar refractivity (Wildman–Crippen MR) is 194 cm³/mol. The molecule has 0 aliphatic rings. The predicted octanol–water partition coefficient (Wildman–Crippen LogP) is 1.74. The average Bonchev–Trinajstić information content (AvgIpc) is 3.11. The van der Waals surface area contributed by atoms with Gasteiger partial charge in [-0.05, 0) is 69.8 Å². The molecule has 0 N–H and O–H groups in total. The minimum absolute atomic E-state index is 0. The molecule has 17 heteroatoms. The summed E-state index contributed by atoms with van der Waals surface area (Å²) in [5, 5.41) is 2.26. The average molecular weight is 893 g/mol. The number of hydrogen-bond donors (Lipinski definition) is 0. The van der Waals surface area contributed by atoms with Crippen LogP contribution in [0, 0.1) is 0 Å². The van der Waals surface area contributed by atoms with E-state index in [0.29, 0.717) is 0 Å². The van der Waals surface area contributed by atoms with Crippen molar-refractivity contribution >= 4 is 61.4 Å². The van der Waals surface area contributed by atoms with Crippen LogP contribution in [-0.2, 0) is 46.9 Å². The molecule has 0 fully saturated rings. The molecule has 0 aliphatic heterocycles. The molecule has 4 heterocycles. The van der Waals surface area contributed by atoms with Crippen molar-refractivity contribution in [2.75, 3.05) is 0 Å². The zero-order valence-corrected chi connectivity index (χ0v) is 37.2. The van der Waals surface area contributed by atoms with Crippen LogP contribution in [0.3, 0.4) is 0 Å². The Morgan fingerprint density at radius 1 is 0.509 bits per heavy atom. The van der Waals surface area contributed by atoms with Gasteiger partial charge in [0.05, 0.1) is 54.2 Å². The Hall–Kier alpha value is -2.20. The first-order valence-corrected chi connectivity index (χ1v) is 22.5. The van der Waals surface area contributed by atoms with Crippen LogP contribution in [0.4, 0.5) is 0 Å². The van der Waals surface area contributed by atoms with Gasteiger partial charge in [-0.25, -0.2) is 16.8 Å². The maximum absolute atomic E-state index is 10.8. The van der Waals surface area contributed by atoms with Crippen LogP contribution >= 0.6 is 19.4 Å². The van der Waals surface area contributed by atoms with Crippen LogP contribution in [0.15, 0.2) is 134 Å². The van der Waals surface area contributed by atoms with E-state index in [1.807, 2.05) is 24.5 Å². The maximum Gasteiger partial charge on any atom is 1.00 e. The van der Waals surface area contributed by atoms with E-state index in [1.54, 1.807) is 0 Å². The summed E-state index contributed by atoms with van der Waals surface area (Å²) in [7, 11) is 0.854. The van der Waals surface area contributed by atoms with Crippen LogP contribution in [0.25, 0.3) is 55.4 Å². The Kier molecular flexibility index (Phi) is 18.1. The Morgan fingerprint density at radius 3 is 1.19 bits per heavy atom. The van der Waals surface area contributed by atoms with Gasteiger partial charge in [-0.1, -0.05) is 72.8 Å².